The molecule has 0 saturated heterocycles. The Hall–Kier alpha value is -1.44. The van der Waals surface area contributed by atoms with Gasteiger partial charge in [0.25, 0.3) is 0 Å². The topological polar surface area (TPSA) is 39.2 Å². The van der Waals surface area contributed by atoms with Crippen LogP contribution in [0.3, 0.4) is 0 Å². The van der Waals surface area contributed by atoms with Crippen LogP contribution in [0, 0.1) is 6.92 Å². The zero-order valence-corrected chi connectivity index (χ0v) is 7.92. The van der Waals surface area contributed by atoms with Crippen molar-refractivity contribution in [1.82, 2.24) is 0 Å². The predicted molar refractivity (Wildman–Crippen MR) is 54.7 cm³/mol. The van der Waals surface area contributed by atoms with Crippen molar-refractivity contribution in [3.63, 3.8) is 0 Å². The van der Waals surface area contributed by atoms with Crippen molar-refractivity contribution in [2.75, 3.05) is 5.73 Å². The summed E-state index contributed by atoms with van der Waals surface area (Å²) in [7, 11) is 0. The van der Waals surface area contributed by atoms with E-state index in [1.807, 2.05) is 13.0 Å². The van der Waals surface area contributed by atoms with Gasteiger partial charge in [-0.15, -0.1) is 0 Å². The second kappa shape index (κ2) is 2.80. The maximum Gasteiger partial charge on any atom is 0.138 e. The monoisotopic (exact) mass is 175 g/mol. The van der Waals surface area contributed by atoms with Crippen molar-refractivity contribution in [2.45, 2.75) is 20.3 Å². The van der Waals surface area contributed by atoms with Gasteiger partial charge in [0.15, 0.2) is 0 Å². The number of furan rings is 1. The molecule has 0 aliphatic heterocycles. The molecule has 0 fully saturated rings. The summed E-state index contributed by atoms with van der Waals surface area (Å²) in [4.78, 5) is 0. The summed E-state index contributed by atoms with van der Waals surface area (Å²) < 4.78 is 5.35. The largest absolute Gasteiger partial charge is 0.464 e. The van der Waals surface area contributed by atoms with Gasteiger partial charge in [-0.2, -0.15) is 0 Å². The summed E-state index contributed by atoms with van der Waals surface area (Å²) in [6.07, 6.45) is 2.65. The highest BCUT2D eigenvalue weighted by molar-refractivity contribution is 5.93. The quantitative estimate of drug-likeness (QED) is 0.677. The van der Waals surface area contributed by atoms with E-state index in [1.165, 1.54) is 5.56 Å². The third kappa shape index (κ3) is 1.10. The molecule has 1 aromatic carbocycles. The molecule has 2 aromatic rings. The number of aryl methyl sites for hydroxylation is 2. The third-order valence-electron chi connectivity index (χ3n) is 2.43. The minimum absolute atomic E-state index is 0.858. The Labute approximate surface area is 77.3 Å². The van der Waals surface area contributed by atoms with E-state index in [-0.39, 0.29) is 0 Å². The van der Waals surface area contributed by atoms with Gasteiger partial charge in [-0.25, -0.2) is 0 Å². The third-order valence-corrected chi connectivity index (χ3v) is 2.43. The van der Waals surface area contributed by atoms with E-state index in [9.17, 15) is 0 Å². The molecule has 1 heterocycles. The van der Waals surface area contributed by atoms with Crippen LogP contribution in [0.2, 0.25) is 0 Å². The second-order valence-corrected chi connectivity index (χ2v) is 3.28. The van der Waals surface area contributed by atoms with Crippen molar-refractivity contribution < 1.29 is 4.42 Å². The van der Waals surface area contributed by atoms with Gasteiger partial charge < -0.3 is 10.2 Å². The molecule has 0 aliphatic rings. The van der Waals surface area contributed by atoms with Gasteiger partial charge in [-0.05, 0) is 30.5 Å². The van der Waals surface area contributed by atoms with Crippen LogP contribution in [0.15, 0.2) is 22.8 Å². The van der Waals surface area contributed by atoms with Crippen molar-refractivity contribution in [1.29, 1.82) is 0 Å². The fourth-order valence-corrected chi connectivity index (χ4v) is 1.70. The number of benzene rings is 1. The van der Waals surface area contributed by atoms with Crippen molar-refractivity contribution in [3.8, 4) is 0 Å². The zero-order chi connectivity index (χ0) is 9.42. The van der Waals surface area contributed by atoms with Crippen LogP contribution in [0.5, 0.6) is 0 Å². The Kier molecular flexibility index (Phi) is 1.76. The molecule has 13 heavy (non-hydrogen) atoms. The zero-order valence-electron chi connectivity index (χ0n) is 7.92. The molecule has 2 N–H and O–H groups in total. The van der Waals surface area contributed by atoms with Gasteiger partial charge in [-0.1, -0.05) is 13.0 Å². The highest BCUT2D eigenvalue weighted by Gasteiger charge is 2.08. The smallest absolute Gasteiger partial charge is 0.138 e. The van der Waals surface area contributed by atoms with Crippen LogP contribution in [0.4, 0.5) is 5.69 Å². The lowest BCUT2D eigenvalue weighted by Gasteiger charge is -2.05. The number of nitrogens with two attached hydrogens (primary N) is 1. The number of nitrogen functional groups attached to an aromatic ring is 1. The van der Waals surface area contributed by atoms with Crippen molar-refractivity contribution in [2.24, 2.45) is 0 Å². The maximum atomic E-state index is 5.98. The van der Waals surface area contributed by atoms with Gasteiger partial charge in [-0.3, -0.25) is 0 Å². The summed E-state index contributed by atoms with van der Waals surface area (Å²) in [5, 5.41) is 1.04. The average molecular weight is 175 g/mol. The summed E-state index contributed by atoms with van der Waals surface area (Å²) in [6.45, 7) is 4.15. The highest BCUT2D eigenvalue weighted by Crippen LogP contribution is 2.29. The first kappa shape index (κ1) is 8.17. The molecule has 0 radical (unpaired) electrons. The SMILES string of the molecule is CCc1cc(C)c2occc2c1N. The lowest BCUT2D eigenvalue weighted by atomic mass is 10.0. The predicted octanol–water partition coefficient (Wildman–Crippen LogP) is 2.89. The van der Waals surface area contributed by atoms with Gasteiger partial charge in [0.2, 0.25) is 0 Å². The number of rotatable bonds is 1. The molecule has 0 aliphatic carbocycles. The highest BCUT2D eigenvalue weighted by atomic mass is 16.3. The number of anilines is 1. The summed E-state index contributed by atoms with van der Waals surface area (Å²) in [5.74, 6) is 0. The van der Waals surface area contributed by atoms with Gasteiger partial charge in [0.05, 0.1) is 6.26 Å². The van der Waals surface area contributed by atoms with E-state index < -0.39 is 0 Å². The second-order valence-electron chi connectivity index (χ2n) is 3.28. The van der Waals surface area contributed by atoms with Crippen LogP contribution in [0.1, 0.15) is 18.1 Å². The molecule has 0 bridgehead atoms. The van der Waals surface area contributed by atoms with E-state index in [2.05, 4.69) is 13.0 Å². The molecule has 68 valence electrons. The number of hydrogen-bond acceptors (Lipinski definition) is 2. The first-order valence-electron chi connectivity index (χ1n) is 4.49. The molecule has 2 nitrogen and oxygen atoms in total. The van der Waals surface area contributed by atoms with Gasteiger partial charge in [0.1, 0.15) is 5.58 Å². The maximum absolute atomic E-state index is 5.98. The Bertz CT molecular complexity index is 443. The molecule has 1 aromatic heterocycles. The average Bonchev–Trinajstić information content (AvgIpc) is 2.60. The standard InChI is InChI=1S/C11H13NO/c1-3-8-6-7(2)11-9(10(8)12)4-5-13-11/h4-6H,3,12H2,1-2H3. The minimum atomic E-state index is 0.858. The molecule has 0 atom stereocenters. The lowest BCUT2D eigenvalue weighted by Crippen LogP contribution is -1.94. The first-order valence-corrected chi connectivity index (χ1v) is 4.49. The summed E-state index contributed by atoms with van der Waals surface area (Å²) in [6, 6.07) is 4.03. The van der Waals surface area contributed by atoms with Crippen LogP contribution in [-0.2, 0) is 6.42 Å². The molecule has 2 heteroatoms. The van der Waals surface area contributed by atoms with Crippen molar-refractivity contribution in [3.05, 3.63) is 29.5 Å². The van der Waals surface area contributed by atoms with Crippen LogP contribution in [-0.4, -0.2) is 0 Å². The van der Waals surface area contributed by atoms with Gasteiger partial charge in [0, 0.05) is 11.1 Å². The molecular formula is C11H13NO. The molecule has 0 amide bonds. The Balaban J connectivity index is 2.85. The first-order chi connectivity index (χ1) is 6.24. The molecule has 0 saturated carbocycles. The van der Waals surface area contributed by atoms with E-state index in [1.54, 1.807) is 6.26 Å². The van der Waals surface area contributed by atoms with Gasteiger partial charge >= 0.3 is 0 Å². The van der Waals surface area contributed by atoms with Crippen LogP contribution in [0.25, 0.3) is 11.0 Å². The summed E-state index contributed by atoms with van der Waals surface area (Å²) in [5.41, 5.74) is 10.1. The Morgan fingerprint density at radius 3 is 2.92 bits per heavy atom. The fourth-order valence-electron chi connectivity index (χ4n) is 1.70. The van der Waals surface area contributed by atoms with E-state index in [0.717, 1.165) is 28.6 Å². The Morgan fingerprint density at radius 2 is 2.23 bits per heavy atom. The van der Waals surface area contributed by atoms with Crippen LogP contribution >= 0.6 is 0 Å². The minimum Gasteiger partial charge on any atom is -0.464 e. The normalized spacial score (nSPS) is 10.9. The number of fused-ring (bicyclic) bond motifs is 1. The molecule has 0 unspecified atom stereocenters. The molecular weight excluding hydrogens is 162 g/mol. The summed E-state index contributed by atoms with van der Waals surface area (Å²) >= 11 is 0. The molecule has 0 spiro atoms. The van der Waals surface area contributed by atoms with Crippen LogP contribution < -0.4 is 5.73 Å². The number of hydrogen-bond donors (Lipinski definition) is 1. The fraction of sp³-hybridized carbons (Fsp3) is 0.273. The Morgan fingerprint density at radius 1 is 1.46 bits per heavy atom. The molecule has 2 rings (SSSR count). The van der Waals surface area contributed by atoms with E-state index >= 15 is 0 Å². The van der Waals surface area contributed by atoms with E-state index in [4.69, 9.17) is 10.2 Å². The van der Waals surface area contributed by atoms with Crippen molar-refractivity contribution >= 4 is 16.7 Å². The lowest BCUT2D eigenvalue weighted by molar-refractivity contribution is 0.613. The van der Waals surface area contributed by atoms with E-state index in [0.29, 0.717) is 0 Å².